The molecule has 37 heavy (non-hydrogen) atoms. The van der Waals surface area contributed by atoms with Crippen LogP contribution < -0.4 is 5.32 Å². The summed E-state index contributed by atoms with van der Waals surface area (Å²) in [5.41, 5.74) is 9.07. The molecule has 1 aromatic heterocycles. The summed E-state index contributed by atoms with van der Waals surface area (Å²) in [7, 11) is 2.14. The van der Waals surface area contributed by atoms with E-state index in [1.807, 2.05) is 0 Å². The number of Topliss-reactive ketones (excluding diaryl/α,β-unsaturated/α-hetero) is 1. The summed E-state index contributed by atoms with van der Waals surface area (Å²) in [5.74, 6) is 0.259. The molecule has 0 saturated heterocycles. The van der Waals surface area contributed by atoms with Crippen LogP contribution in [0.1, 0.15) is 43.9 Å². The van der Waals surface area contributed by atoms with Gasteiger partial charge in [0, 0.05) is 46.8 Å². The molecule has 0 radical (unpaired) electrons. The Hall–Kier alpha value is -4.11. The molecule has 2 heterocycles. The monoisotopic (exact) mass is 482 g/mol. The predicted molar refractivity (Wildman–Crippen MR) is 154 cm³/mol. The Labute approximate surface area is 217 Å². The normalized spacial score (nSPS) is 18.6. The summed E-state index contributed by atoms with van der Waals surface area (Å²) in [6.07, 6.45) is 1.45. The molecule has 4 aromatic carbocycles. The first-order chi connectivity index (χ1) is 17.9. The van der Waals surface area contributed by atoms with Crippen LogP contribution in [0.4, 0.5) is 5.69 Å². The fourth-order valence-corrected chi connectivity index (χ4v) is 6.71. The van der Waals surface area contributed by atoms with Crippen LogP contribution in [0.2, 0.25) is 0 Å². The smallest absolute Gasteiger partial charge is 0.162 e. The summed E-state index contributed by atoms with van der Waals surface area (Å²) in [4.78, 5) is 14.1. The number of anilines is 1. The molecule has 0 fully saturated rings. The molecule has 0 unspecified atom stereocenters. The maximum Gasteiger partial charge on any atom is 0.162 e. The number of para-hydroxylation sites is 1. The Kier molecular flexibility index (Phi) is 4.75. The number of benzene rings is 4. The molecular weight excluding hydrogens is 452 g/mol. The van der Waals surface area contributed by atoms with Gasteiger partial charge in [0.2, 0.25) is 0 Å². The lowest BCUT2D eigenvalue weighted by Gasteiger charge is -2.40. The summed E-state index contributed by atoms with van der Waals surface area (Å²) in [6.45, 7) is 4.45. The topological polar surface area (TPSA) is 34.0 Å². The third kappa shape index (κ3) is 3.30. The summed E-state index contributed by atoms with van der Waals surface area (Å²) >= 11 is 0. The van der Waals surface area contributed by atoms with Crippen LogP contribution in [-0.4, -0.2) is 10.4 Å². The van der Waals surface area contributed by atoms with Crippen molar-refractivity contribution >= 4 is 38.7 Å². The second-order valence-corrected chi connectivity index (χ2v) is 11.3. The Bertz CT molecular complexity index is 1750. The number of allylic oxidation sites excluding steroid dienone is 1. The van der Waals surface area contributed by atoms with E-state index in [0.717, 1.165) is 28.9 Å². The van der Waals surface area contributed by atoms with Crippen LogP contribution >= 0.6 is 0 Å². The van der Waals surface area contributed by atoms with Gasteiger partial charge in [-0.3, -0.25) is 4.79 Å². The minimum absolute atomic E-state index is 0.0764. The molecule has 3 nitrogen and oxygen atoms in total. The van der Waals surface area contributed by atoms with Crippen molar-refractivity contribution in [1.82, 2.24) is 4.57 Å². The number of nitrogens with one attached hydrogen (secondary N) is 1. The average Bonchev–Trinajstić information content (AvgIpc) is 3.20. The highest BCUT2D eigenvalue weighted by Crippen LogP contribution is 2.54. The van der Waals surface area contributed by atoms with Crippen LogP contribution in [0.15, 0.2) is 96.6 Å². The third-order valence-corrected chi connectivity index (χ3v) is 8.22. The van der Waals surface area contributed by atoms with Gasteiger partial charge < -0.3 is 9.88 Å². The van der Waals surface area contributed by atoms with Crippen molar-refractivity contribution in [1.29, 1.82) is 0 Å². The first-order valence-electron chi connectivity index (χ1n) is 13.1. The molecule has 1 atom stereocenters. The Morgan fingerprint density at radius 3 is 2.32 bits per heavy atom. The molecule has 2 aliphatic rings. The minimum Gasteiger partial charge on any atom is -0.373 e. The lowest BCUT2D eigenvalue weighted by Crippen LogP contribution is -2.33. The van der Waals surface area contributed by atoms with E-state index in [9.17, 15) is 4.79 Å². The molecule has 1 aliphatic heterocycles. The number of carbonyl (C=O) groups is 1. The zero-order valence-electron chi connectivity index (χ0n) is 21.5. The molecule has 0 amide bonds. The van der Waals surface area contributed by atoms with E-state index in [-0.39, 0.29) is 17.2 Å². The lowest BCUT2D eigenvalue weighted by atomic mass is 9.67. The van der Waals surface area contributed by atoms with E-state index in [1.165, 1.54) is 38.4 Å². The number of aromatic nitrogens is 1. The van der Waals surface area contributed by atoms with Crippen molar-refractivity contribution < 1.29 is 4.79 Å². The van der Waals surface area contributed by atoms with Crippen molar-refractivity contribution in [2.75, 3.05) is 5.32 Å². The molecule has 3 heteroatoms. The van der Waals surface area contributed by atoms with Crippen molar-refractivity contribution in [3.8, 4) is 11.3 Å². The van der Waals surface area contributed by atoms with Gasteiger partial charge >= 0.3 is 0 Å². The van der Waals surface area contributed by atoms with E-state index >= 15 is 0 Å². The molecule has 0 spiro atoms. The van der Waals surface area contributed by atoms with Crippen molar-refractivity contribution in [2.45, 2.75) is 32.7 Å². The molecule has 7 rings (SSSR count). The van der Waals surface area contributed by atoms with E-state index in [1.54, 1.807) is 0 Å². The second kappa shape index (κ2) is 7.94. The average molecular weight is 483 g/mol. The van der Waals surface area contributed by atoms with Crippen LogP contribution in [0.25, 0.3) is 38.5 Å². The van der Waals surface area contributed by atoms with E-state index < -0.39 is 0 Å². The van der Waals surface area contributed by atoms with Crippen molar-refractivity contribution in [3.05, 3.63) is 108 Å². The minimum atomic E-state index is -0.214. The third-order valence-electron chi connectivity index (χ3n) is 8.22. The largest absolute Gasteiger partial charge is 0.373 e. The quantitative estimate of drug-likeness (QED) is 0.274. The molecule has 1 aliphatic carbocycles. The number of hydrogen-bond donors (Lipinski definition) is 1. The Morgan fingerprint density at radius 2 is 1.51 bits per heavy atom. The highest BCUT2D eigenvalue weighted by Gasteiger charge is 2.42. The maximum atomic E-state index is 14.1. The first-order valence-corrected chi connectivity index (χ1v) is 13.1. The number of carbonyl (C=O) groups excluding carboxylic acids is 1. The van der Waals surface area contributed by atoms with Gasteiger partial charge in [0.25, 0.3) is 0 Å². The Balaban J connectivity index is 1.57. The zero-order valence-corrected chi connectivity index (χ0v) is 21.5. The van der Waals surface area contributed by atoms with Gasteiger partial charge in [-0.05, 0) is 45.9 Å². The number of hydrogen-bond acceptors (Lipinski definition) is 2. The fourth-order valence-electron chi connectivity index (χ4n) is 6.71. The highest BCUT2D eigenvalue weighted by molar-refractivity contribution is 6.14. The van der Waals surface area contributed by atoms with Crippen molar-refractivity contribution in [2.24, 2.45) is 12.5 Å². The van der Waals surface area contributed by atoms with Crippen LogP contribution in [0.5, 0.6) is 0 Å². The van der Waals surface area contributed by atoms with Crippen LogP contribution in [-0.2, 0) is 11.8 Å². The number of nitrogens with zero attached hydrogens (tertiary/aromatic N) is 1. The van der Waals surface area contributed by atoms with Crippen LogP contribution in [0.3, 0.4) is 0 Å². The molecule has 1 N–H and O–H groups in total. The van der Waals surface area contributed by atoms with E-state index in [4.69, 9.17) is 0 Å². The molecule has 0 bridgehead atoms. The van der Waals surface area contributed by atoms with Gasteiger partial charge in [0.1, 0.15) is 0 Å². The van der Waals surface area contributed by atoms with Gasteiger partial charge in [-0.2, -0.15) is 0 Å². The number of ketones is 1. The first kappa shape index (κ1) is 22.1. The fraction of sp³-hybridized carbons (Fsp3) is 0.206. The van der Waals surface area contributed by atoms with Gasteiger partial charge in [-0.15, -0.1) is 0 Å². The molecule has 0 saturated carbocycles. The second-order valence-electron chi connectivity index (χ2n) is 11.3. The molecule has 182 valence electrons. The lowest BCUT2D eigenvalue weighted by molar-refractivity contribution is -0.118. The number of fused-ring (bicyclic) bond motifs is 5. The number of aryl methyl sites for hydroxylation is 1. The molecular formula is C34H30N2O. The van der Waals surface area contributed by atoms with Gasteiger partial charge in [-0.1, -0.05) is 92.7 Å². The number of rotatable bonds is 2. The van der Waals surface area contributed by atoms with Crippen LogP contribution in [0, 0.1) is 5.41 Å². The standard InChI is InChI=1S/C34H30N2O/c1-34(2)19-25-29-23-14-8-7-11-21(23)17-18-26(29)35-32(30(25)28(37)20-34)31-24-15-9-10-16-27(24)36(3)33(31)22-12-5-4-6-13-22/h4-18,32,35H,19-20H2,1-3H3/t32-/m0/s1. The van der Waals surface area contributed by atoms with Crippen molar-refractivity contribution in [3.63, 3.8) is 0 Å². The summed E-state index contributed by atoms with van der Waals surface area (Å²) < 4.78 is 2.29. The molecule has 5 aromatic rings. The van der Waals surface area contributed by atoms with Gasteiger partial charge in [0.05, 0.1) is 11.7 Å². The Morgan fingerprint density at radius 1 is 0.811 bits per heavy atom. The van der Waals surface area contributed by atoms with E-state index in [0.29, 0.717) is 6.42 Å². The van der Waals surface area contributed by atoms with Gasteiger partial charge in [0.15, 0.2) is 5.78 Å². The van der Waals surface area contributed by atoms with E-state index in [2.05, 4.69) is 122 Å². The van der Waals surface area contributed by atoms with Gasteiger partial charge in [-0.25, -0.2) is 0 Å². The predicted octanol–water partition coefficient (Wildman–Crippen LogP) is 8.31. The summed E-state index contributed by atoms with van der Waals surface area (Å²) in [6, 6.07) is 31.9. The maximum absolute atomic E-state index is 14.1. The highest BCUT2D eigenvalue weighted by atomic mass is 16.1. The zero-order chi connectivity index (χ0) is 25.3. The SMILES string of the molecule is Cn1c(-c2ccccc2)c([C@H]2Nc3ccc4ccccc4c3C3=C2C(=O)CC(C)(C)C3)c2ccccc21. The summed E-state index contributed by atoms with van der Waals surface area (Å²) in [5, 5.41) is 7.50.